The minimum absolute atomic E-state index is 0.0398. The molecule has 1 aliphatic carbocycles. The third kappa shape index (κ3) is 6.90. The highest BCUT2D eigenvalue weighted by Gasteiger charge is 2.49. The Morgan fingerprint density at radius 1 is 0.977 bits per heavy atom. The summed E-state index contributed by atoms with van der Waals surface area (Å²) < 4.78 is 45.1. The summed E-state index contributed by atoms with van der Waals surface area (Å²) in [5.41, 5.74) is 2.54. The number of likely N-dealkylation sites (tertiary alicyclic amines) is 1. The van der Waals surface area contributed by atoms with Crippen LogP contribution in [0.15, 0.2) is 66.9 Å². The summed E-state index contributed by atoms with van der Waals surface area (Å²) in [7, 11) is 0. The molecule has 2 aliphatic rings. The molecule has 2 aromatic carbocycles. The van der Waals surface area contributed by atoms with E-state index in [0.29, 0.717) is 24.3 Å². The first-order valence-electron chi connectivity index (χ1n) is 15.3. The molecule has 1 fully saturated rings. The molecule has 7 nitrogen and oxygen atoms in total. The number of halogens is 3. The highest BCUT2D eigenvalue weighted by molar-refractivity contribution is 6.00. The SMILES string of the molecule is CC(C)Oc1ncccc1C(=O)NC1CCN(CCCCC2(C(=O)NCC(F)(F)F)c3ccccc3-c3ccccc32)CC1. The van der Waals surface area contributed by atoms with Gasteiger partial charge in [-0.2, -0.15) is 13.2 Å². The molecule has 0 atom stereocenters. The van der Waals surface area contributed by atoms with E-state index in [-0.39, 0.29) is 18.1 Å². The Balaban J connectivity index is 1.19. The summed E-state index contributed by atoms with van der Waals surface area (Å²) in [6, 6.07) is 18.5. The van der Waals surface area contributed by atoms with Crippen molar-refractivity contribution in [3.05, 3.63) is 83.6 Å². The number of pyridine rings is 1. The Hall–Kier alpha value is -3.92. The number of ether oxygens (including phenoxy) is 1. The van der Waals surface area contributed by atoms with Crippen molar-refractivity contribution in [2.24, 2.45) is 0 Å². The van der Waals surface area contributed by atoms with E-state index in [1.807, 2.05) is 62.4 Å². The van der Waals surface area contributed by atoms with Crippen molar-refractivity contribution in [2.45, 2.75) is 69.7 Å². The third-order valence-corrected chi connectivity index (χ3v) is 8.46. The standard InChI is InChI=1S/C34H39F3N4O3/c1-23(2)44-31-27(12-9-18-38-31)30(42)40-24-15-20-41(21-16-24)19-8-7-17-33(32(43)39-22-34(35,36)37)28-13-5-3-10-25(28)26-11-4-6-14-29(26)33/h3-6,9-14,18,23-24H,7-8,15-17,19-22H2,1-2H3,(H,39,43)(H,40,42). The summed E-state index contributed by atoms with van der Waals surface area (Å²) in [6.07, 6.45) is 0.481. The smallest absolute Gasteiger partial charge is 0.405 e. The van der Waals surface area contributed by atoms with Gasteiger partial charge in [0.15, 0.2) is 0 Å². The number of hydrogen-bond acceptors (Lipinski definition) is 5. The average Bonchev–Trinajstić information content (AvgIpc) is 3.29. The number of unbranched alkanes of at least 4 members (excludes halogenated alkanes) is 1. The lowest BCUT2D eigenvalue weighted by Crippen LogP contribution is -2.47. The Bertz CT molecular complexity index is 1420. The minimum atomic E-state index is -4.50. The molecule has 1 saturated heterocycles. The molecule has 2 heterocycles. The van der Waals surface area contributed by atoms with E-state index in [9.17, 15) is 22.8 Å². The molecule has 2 amide bonds. The van der Waals surface area contributed by atoms with E-state index in [2.05, 4.69) is 20.5 Å². The maximum Gasteiger partial charge on any atom is 0.405 e. The first-order valence-corrected chi connectivity index (χ1v) is 15.3. The van der Waals surface area contributed by atoms with Crippen LogP contribution in [0.3, 0.4) is 0 Å². The Labute approximate surface area is 256 Å². The zero-order valence-corrected chi connectivity index (χ0v) is 25.1. The number of carbonyl (C=O) groups is 2. The lowest BCUT2D eigenvalue weighted by atomic mass is 9.73. The second kappa shape index (κ2) is 13.4. The largest absolute Gasteiger partial charge is 0.474 e. The van der Waals surface area contributed by atoms with Crippen molar-refractivity contribution in [1.82, 2.24) is 20.5 Å². The van der Waals surface area contributed by atoms with Gasteiger partial charge in [0, 0.05) is 25.3 Å². The van der Waals surface area contributed by atoms with E-state index in [0.717, 1.165) is 61.2 Å². The maximum absolute atomic E-state index is 13.7. The van der Waals surface area contributed by atoms with Gasteiger partial charge in [0.05, 0.1) is 6.10 Å². The quantitative estimate of drug-likeness (QED) is 0.266. The molecule has 0 spiro atoms. The molecule has 5 rings (SSSR count). The van der Waals surface area contributed by atoms with Gasteiger partial charge in [-0.05, 0) is 80.5 Å². The van der Waals surface area contributed by atoms with Crippen molar-refractivity contribution in [3.63, 3.8) is 0 Å². The van der Waals surface area contributed by atoms with Crippen LogP contribution < -0.4 is 15.4 Å². The van der Waals surface area contributed by atoms with Gasteiger partial charge in [-0.25, -0.2) is 4.98 Å². The number of alkyl halides is 3. The molecule has 1 aliphatic heterocycles. The Morgan fingerprint density at radius 2 is 1.61 bits per heavy atom. The van der Waals surface area contributed by atoms with Gasteiger partial charge >= 0.3 is 6.18 Å². The Kier molecular flexibility index (Phi) is 9.58. The van der Waals surface area contributed by atoms with Gasteiger partial charge in [0.25, 0.3) is 5.91 Å². The van der Waals surface area contributed by atoms with Crippen LogP contribution in [0.4, 0.5) is 13.2 Å². The van der Waals surface area contributed by atoms with Crippen LogP contribution in [0.2, 0.25) is 0 Å². The fourth-order valence-electron chi connectivity index (χ4n) is 6.45. The number of nitrogens with one attached hydrogen (secondary N) is 2. The van der Waals surface area contributed by atoms with Crippen molar-refractivity contribution in [3.8, 4) is 17.0 Å². The van der Waals surface area contributed by atoms with Crippen molar-refractivity contribution in [2.75, 3.05) is 26.2 Å². The highest BCUT2D eigenvalue weighted by atomic mass is 19.4. The summed E-state index contributed by atoms with van der Waals surface area (Å²) >= 11 is 0. The van der Waals surface area contributed by atoms with Gasteiger partial charge in [-0.3, -0.25) is 9.59 Å². The van der Waals surface area contributed by atoms with Crippen LogP contribution >= 0.6 is 0 Å². The Morgan fingerprint density at radius 3 is 2.23 bits per heavy atom. The fraction of sp³-hybridized carbons (Fsp3) is 0.441. The van der Waals surface area contributed by atoms with Crippen LogP contribution in [-0.4, -0.2) is 66.2 Å². The minimum Gasteiger partial charge on any atom is -0.474 e. The molecule has 44 heavy (non-hydrogen) atoms. The predicted molar refractivity (Wildman–Crippen MR) is 163 cm³/mol. The van der Waals surface area contributed by atoms with Crippen LogP contribution in [0.25, 0.3) is 11.1 Å². The van der Waals surface area contributed by atoms with Gasteiger partial charge in [0.2, 0.25) is 11.8 Å². The number of hydrogen-bond donors (Lipinski definition) is 2. The number of benzene rings is 2. The zero-order valence-electron chi connectivity index (χ0n) is 25.1. The first-order chi connectivity index (χ1) is 21.1. The van der Waals surface area contributed by atoms with E-state index < -0.39 is 24.0 Å². The predicted octanol–water partition coefficient (Wildman–Crippen LogP) is 5.88. The van der Waals surface area contributed by atoms with Crippen LogP contribution in [0.5, 0.6) is 5.88 Å². The van der Waals surface area contributed by atoms with E-state index in [1.54, 1.807) is 18.3 Å². The first kappa shape index (κ1) is 31.5. The number of piperidine rings is 1. The summed E-state index contributed by atoms with van der Waals surface area (Å²) in [6.45, 7) is 4.85. The molecule has 0 unspecified atom stereocenters. The van der Waals surface area contributed by atoms with Crippen molar-refractivity contribution < 1.29 is 27.5 Å². The molecule has 10 heteroatoms. The summed E-state index contributed by atoms with van der Waals surface area (Å²) in [5, 5.41) is 5.32. The van der Waals surface area contributed by atoms with Crippen LogP contribution in [0, 0.1) is 0 Å². The normalized spacial score (nSPS) is 16.3. The van der Waals surface area contributed by atoms with Crippen molar-refractivity contribution in [1.29, 1.82) is 0 Å². The number of aromatic nitrogens is 1. The second-order valence-electron chi connectivity index (χ2n) is 11.9. The molecule has 0 radical (unpaired) electrons. The van der Waals surface area contributed by atoms with Gasteiger partial charge in [0.1, 0.15) is 17.5 Å². The topological polar surface area (TPSA) is 83.6 Å². The molecular weight excluding hydrogens is 569 g/mol. The average molecular weight is 609 g/mol. The molecule has 0 bridgehead atoms. The molecule has 0 saturated carbocycles. The van der Waals surface area contributed by atoms with E-state index in [4.69, 9.17) is 4.74 Å². The molecule has 1 aromatic heterocycles. The van der Waals surface area contributed by atoms with Gasteiger partial charge in [-0.1, -0.05) is 55.0 Å². The molecule has 3 aromatic rings. The lowest BCUT2D eigenvalue weighted by molar-refractivity contribution is -0.141. The fourth-order valence-corrected chi connectivity index (χ4v) is 6.45. The number of carbonyl (C=O) groups excluding carboxylic acids is 2. The third-order valence-electron chi connectivity index (χ3n) is 8.46. The van der Waals surface area contributed by atoms with Crippen LogP contribution in [0.1, 0.15) is 67.4 Å². The zero-order chi connectivity index (χ0) is 31.3. The van der Waals surface area contributed by atoms with Crippen LogP contribution in [-0.2, 0) is 10.2 Å². The maximum atomic E-state index is 13.7. The monoisotopic (exact) mass is 608 g/mol. The highest BCUT2D eigenvalue weighted by Crippen LogP contribution is 2.51. The molecule has 234 valence electrons. The van der Waals surface area contributed by atoms with E-state index in [1.165, 1.54) is 0 Å². The summed E-state index contributed by atoms with van der Waals surface area (Å²) in [5.74, 6) is -0.479. The number of amides is 2. The van der Waals surface area contributed by atoms with E-state index >= 15 is 0 Å². The second-order valence-corrected chi connectivity index (χ2v) is 11.9. The number of rotatable bonds is 11. The molecule has 2 N–H and O–H groups in total. The number of nitrogens with zero attached hydrogens (tertiary/aromatic N) is 2. The van der Waals surface area contributed by atoms with Gasteiger partial charge in [-0.15, -0.1) is 0 Å². The lowest BCUT2D eigenvalue weighted by Gasteiger charge is -2.33. The summed E-state index contributed by atoms with van der Waals surface area (Å²) in [4.78, 5) is 33.2. The molecular formula is C34H39F3N4O3. The van der Waals surface area contributed by atoms with Crippen molar-refractivity contribution >= 4 is 11.8 Å². The number of fused-ring (bicyclic) bond motifs is 3. The van der Waals surface area contributed by atoms with Gasteiger partial charge < -0.3 is 20.3 Å².